The lowest BCUT2D eigenvalue weighted by Gasteiger charge is -2.33. The molecule has 0 radical (unpaired) electrons. The smallest absolute Gasteiger partial charge is 0.475 e. The first-order chi connectivity index (χ1) is 14.0. The number of alkyl halides is 3. The summed E-state index contributed by atoms with van der Waals surface area (Å²) in [5.41, 5.74) is 0. The molecule has 3 aliphatic heterocycles. The fourth-order valence-corrected chi connectivity index (χ4v) is 4.60. The lowest BCUT2D eigenvalue weighted by molar-refractivity contribution is -0.192. The van der Waals surface area contributed by atoms with E-state index in [-0.39, 0.29) is 17.9 Å². The Bertz CT molecular complexity index is 637. The number of amides is 2. The predicted molar refractivity (Wildman–Crippen MR) is 101 cm³/mol. The molecule has 3 rings (SSSR count). The lowest BCUT2D eigenvalue weighted by atomic mass is 9.98. The Morgan fingerprint density at radius 1 is 1.13 bits per heavy atom. The van der Waals surface area contributed by atoms with Gasteiger partial charge in [0.15, 0.2) is 0 Å². The molecule has 3 fully saturated rings. The molecule has 11 heteroatoms. The first-order valence-electron chi connectivity index (χ1n) is 10.1. The molecule has 3 atom stereocenters. The van der Waals surface area contributed by atoms with E-state index in [1.165, 1.54) is 0 Å². The lowest BCUT2D eigenvalue weighted by Crippen LogP contribution is -2.50. The van der Waals surface area contributed by atoms with E-state index >= 15 is 0 Å². The number of likely N-dealkylation sites (tertiary alicyclic amines) is 2. The SMILES string of the molecule is CNC(=O)[C@@H]1C[C@H]2CN(C(=O)C3CCOCC3)C[C@H]2N1C(C)C.O=C(O)C(F)(F)F. The Morgan fingerprint density at radius 3 is 2.17 bits per heavy atom. The third-order valence-electron chi connectivity index (χ3n) is 5.95. The number of rotatable bonds is 3. The summed E-state index contributed by atoms with van der Waals surface area (Å²) >= 11 is 0. The van der Waals surface area contributed by atoms with Crippen LogP contribution in [0.15, 0.2) is 0 Å². The Hall–Kier alpha value is -1.88. The van der Waals surface area contributed by atoms with Gasteiger partial charge in [-0.25, -0.2) is 4.79 Å². The Morgan fingerprint density at radius 2 is 1.70 bits per heavy atom. The number of hydrogen-bond donors (Lipinski definition) is 2. The highest BCUT2D eigenvalue weighted by atomic mass is 19.4. The molecule has 2 amide bonds. The zero-order valence-electron chi connectivity index (χ0n) is 17.4. The topological polar surface area (TPSA) is 99.2 Å². The second kappa shape index (κ2) is 9.95. The molecule has 0 aromatic carbocycles. The van der Waals surface area contributed by atoms with E-state index in [4.69, 9.17) is 14.6 Å². The minimum atomic E-state index is -5.08. The Balaban J connectivity index is 0.000000396. The number of carbonyl (C=O) groups excluding carboxylic acids is 2. The minimum absolute atomic E-state index is 0.0460. The molecule has 0 aromatic heterocycles. The van der Waals surface area contributed by atoms with Gasteiger partial charge >= 0.3 is 12.1 Å². The van der Waals surface area contributed by atoms with Crippen LogP contribution in [0.4, 0.5) is 13.2 Å². The molecule has 0 saturated carbocycles. The van der Waals surface area contributed by atoms with Crippen LogP contribution in [0.5, 0.6) is 0 Å². The molecule has 0 spiro atoms. The van der Waals surface area contributed by atoms with Gasteiger partial charge in [-0.1, -0.05) is 0 Å². The monoisotopic (exact) mass is 437 g/mol. The van der Waals surface area contributed by atoms with E-state index in [1.54, 1.807) is 7.05 Å². The number of hydrogen-bond acceptors (Lipinski definition) is 5. The molecule has 30 heavy (non-hydrogen) atoms. The van der Waals surface area contributed by atoms with Crippen LogP contribution in [0, 0.1) is 11.8 Å². The average molecular weight is 437 g/mol. The first kappa shape index (κ1) is 24.4. The maximum atomic E-state index is 12.8. The fourth-order valence-electron chi connectivity index (χ4n) is 4.60. The van der Waals surface area contributed by atoms with E-state index in [1.807, 2.05) is 4.90 Å². The van der Waals surface area contributed by atoms with Crippen molar-refractivity contribution in [3.63, 3.8) is 0 Å². The summed E-state index contributed by atoms with van der Waals surface area (Å²) < 4.78 is 37.1. The summed E-state index contributed by atoms with van der Waals surface area (Å²) in [6, 6.07) is 0.585. The van der Waals surface area contributed by atoms with Gasteiger partial charge in [0.05, 0.1) is 6.04 Å². The van der Waals surface area contributed by atoms with Crippen molar-refractivity contribution in [1.82, 2.24) is 15.1 Å². The van der Waals surface area contributed by atoms with Crippen molar-refractivity contribution >= 4 is 17.8 Å². The number of aliphatic carboxylic acids is 1. The normalized spacial score (nSPS) is 27.4. The van der Waals surface area contributed by atoms with Crippen molar-refractivity contribution in [1.29, 1.82) is 0 Å². The molecule has 0 aliphatic carbocycles. The van der Waals surface area contributed by atoms with Crippen molar-refractivity contribution in [2.24, 2.45) is 11.8 Å². The molecule has 3 saturated heterocycles. The number of fused-ring (bicyclic) bond motifs is 1. The van der Waals surface area contributed by atoms with Crippen LogP contribution in [-0.2, 0) is 19.1 Å². The van der Waals surface area contributed by atoms with Crippen LogP contribution in [0.2, 0.25) is 0 Å². The van der Waals surface area contributed by atoms with Crippen LogP contribution < -0.4 is 5.32 Å². The number of carboxylic acids is 1. The number of ether oxygens (including phenoxy) is 1. The molecule has 3 heterocycles. The molecule has 3 aliphatic rings. The predicted octanol–water partition coefficient (Wildman–Crippen LogP) is 1.10. The molecule has 0 unspecified atom stereocenters. The van der Waals surface area contributed by atoms with Gasteiger partial charge in [-0.05, 0) is 39.0 Å². The molecule has 8 nitrogen and oxygen atoms in total. The highest BCUT2D eigenvalue weighted by molar-refractivity contribution is 5.82. The second-order valence-corrected chi connectivity index (χ2v) is 8.17. The zero-order valence-corrected chi connectivity index (χ0v) is 17.4. The Kier molecular flexibility index (Phi) is 8.09. The third kappa shape index (κ3) is 5.63. The van der Waals surface area contributed by atoms with Gasteiger partial charge in [0, 0.05) is 51.4 Å². The van der Waals surface area contributed by atoms with Gasteiger partial charge in [-0.2, -0.15) is 13.2 Å². The van der Waals surface area contributed by atoms with Gasteiger partial charge in [0.2, 0.25) is 11.8 Å². The number of nitrogens with zero attached hydrogens (tertiary/aromatic N) is 2. The highest BCUT2D eigenvalue weighted by Crippen LogP contribution is 2.38. The van der Waals surface area contributed by atoms with E-state index < -0.39 is 12.1 Å². The standard InChI is InChI=1S/C17H29N3O3.C2HF3O2/c1-11(2)20-14(16(21)18-3)8-13-9-19(10-15(13)20)17(22)12-4-6-23-7-5-12;3-2(4,5)1(6)7/h11-15H,4-10H2,1-3H3,(H,18,21);(H,6,7)/t13-,14-,15+;/m0./s1. The van der Waals surface area contributed by atoms with Crippen LogP contribution in [0.1, 0.15) is 33.1 Å². The van der Waals surface area contributed by atoms with Crippen LogP contribution in [0.3, 0.4) is 0 Å². The quantitative estimate of drug-likeness (QED) is 0.686. The van der Waals surface area contributed by atoms with Crippen molar-refractivity contribution < 1.29 is 37.4 Å². The van der Waals surface area contributed by atoms with Crippen LogP contribution in [0.25, 0.3) is 0 Å². The van der Waals surface area contributed by atoms with Crippen molar-refractivity contribution in [2.45, 2.75) is 57.4 Å². The number of carbonyl (C=O) groups is 3. The summed E-state index contributed by atoms with van der Waals surface area (Å²) in [4.78, 5) is 38.2. The largest absolute Gasteiger partial charge is 0.490 e. The number of halogens is 3. The van der Waals surface area contributed by atoms with Gasteiger partial charge in [0.25, 0.3) is 0 Å². The van der Waals surface area contributed by atoms with E-state index in [0.29, 0.717) is 37.1 Å². The third-order valence-corrected chi connectivity index (χ3v) is 5.95. The summed E-state index contributed by atoms with van der Waals surface area (Å²) in [5, 5.41) is 9.92. The first-order valence-corrected chi connectivity index (χ1v) is 10.1. The van der Waals surface area contributed by atoms with Gasteiger partial charge in [-0.15, -0.1) is 0 Å². The van der Waals surface area contributed by atoms with Crippen molar-refractivity contribution in [3.8, 4) is 0 Å². The summed E-state index contributed by atoms with van der Waals surface area (Å²) in [7, 11) is 1.70. The average Bonchev–Trinajstić information content (AvgIpc) is 3.24. The number of likely N-dealkylation sites (N-methyl/N-ethyl adjacent to an activating group) is 1. The zero-order chi connectivity index (χ0) is 22.6. The number of carboxylic acid groups (broad SMARTS) is 1. The van der Waals surface area contributed by atoms with Crippen molar-refractivity contribution in [2.75, 3.05) is 33.4 Å². The highest BCUT2D eigenvalue weighted by Gasteiger charge is 2.50. The molecule has 0 bridgehead atoms. The second-order valence-electron chi connectivity index (χ2n) is 8.17. The summed E-state index contributed by atoms with van der Waals surface area (Å²) in [6.07, 6.45) is -2.53. The maximum Gasteiger partial charge on any atom is 0.490 e. The van der Waals surface area contributed by atoms with Gasteiger partial charge < -0.3 is 20.1 Å². The fraction of sp³-hybridized carbons (Fsp3) is 0.842. The van der Waals surface area contributed by atoms with E-state index in [0.717, 1.165) is 32.4 Å². The van der Waals surface area contributed by atoms with Gasteiger partial charge in [0.1, 0.15) is 0 Å². The minimum Gasteiger partial charge on any atom is -0.475 e. The Labute approximate surface area is 173 Å². The maximum absolute atomic E-state index is 12.8. The molecule has 2 N–H and O–H groups in total. The van der Waals surface area contributed by atoms with E-state index in [2.05, 4.69) is 24.1 Å². The molecule has 172 valence electrons. The van der Waals surface area contributed by atoms with Crippen molar-refractivity contribution in [3.05, 3.63) is 0 Å². The van der Waals surface area contributed by atoms with Crippen LogP contribution >= 0.6 is 0 Å². The summed E-state index contributed by atoms with van der Waals surface area (Å²) in [5.74, 6) is -1.81. The molecular formula is C19H30F3N3O5. The molecular weight excluding hydrogens is 407 g/mol. The van der Waals surface area contributed by atoms with E-state index in [9.17, 15) is 22.8 Å². The van der Waals surface area contributed by atoms with Crippen LogP contribution in [-0.4, -0.2) is 90.3 Å². The van der Waals surface area contributed by atoms with Gasteiger partial charge in [-0.3, -0.25) is 14.5 Å². The molecule has 0 aromatic rings. The summed E-state index contributed by atoms with van der Waals surface area (Å²) in [6.45, 7) is 7.26. The number of nitrogens with one attached hydrogen (secondary N) is 1.